The zero-order valence-corrected chi connectivity index (χ0v) is 9.98. The van der Waals surface area contributed by atoms with Crippen LogP contribution in [0.5, 0.6) is 5.75 Å². The van der Waals surface area contributed by atoms with Crippen LogP contribution in [0.3, 0.4) is 0 Å². The Hall–Kier alpha value is -1.06. The summed E-state index contributed by atoms with van der Waals surface area (Å²) < 4.78 is 10.6. The molecule has 1 aromatic rings. The Morgan fingerprint density at radius 3 is 2.75 bits per heavy atom. The second-order valence-corrected chi connectivity index (χ2v) is 4.24. The average molecular weight is 221 g/mol. The fourth-order valence-electron chi connectivity index (χ4n) is 1.96. The molecule has 1 aromatic carbocycles. The first-order valence-electron chi connectivity index (χ1n) is 5.74. The monoisotopic (exact) mass is 221 g/mol. The number of morpholine rings is 1. The SMILES string of the molecule is COc1ccc(CN2CCOC[C@H]2C)cc1. The molecule has 1 heterocycles. The quantitative estimate of drug-likeness (QED) is 0.778. The van der Waals surface area contributed by atoms with Gasteiger partial charge in [-0.25, -0.2) is 0 Å². The molecule has 0 N–H and O–H groups in total. The van der Waals surface area contributed by atoms with Crippen LogP contribution < -0.4 is 4.74 Å². The minimum Gasteiger partial charge on any atom is -0.497 e. The lowest BCUT2D eigenvalue weighted by Crippen LogP contribution is -2.42. The van der Waals surface area contributed by atoms with E-state index in [1.54, 1.807) is 7.11 Å². The summed E-state index contributed by atoms with van der Waals surface area (Å²) in [6, 6.07) is 8.79. The van der Waals surface area contributed by atoms with Gasteiger partial charge in [-0.1, -0.05) is 12.1 Å². The van der Waals surface area contributed by atoms with Gasteiger partial charge in [0.25, 0.3) is 0 Å². The summed E-state index contributed by atoms with van der Waals surface area (Å²) in [4.78, 5) is 2.45. The molecule has 88 valence electrons. The van der Waals surface area contributed by atoms with Crippen LogP contribution in [0.25, 0.3) is 0 Å². The normalized spacial score (nSPS) is 22.0. The zero-order valence-electron chi connectivity index (χ0n) is 9.98. The summed E-state index contributed by atoms with van der Waals surface area (Å²) in [5.41, 5.74) is 1.33. The van der Waals surface area contributed by atoms with Gasteiger partial charge in [-0.15, -0.1) is 0 Å². The first-order valence-corrected chi connectivity index (χ1v) is 5.74. The maximum absolute atomic E-state index is 5.42. The average Bonchev–Trinajstić information content (AvgIpc) is 2.33. The standard InChI is InChI=1S/C13H19NO2/c1-11-10-16-8-7-14(11)9-12-3-5-13(15-2)6-4-12/h3-6,11H,7-10H2,1-2H3/t11-/m1/s1. The number of nitrogens with zero attached hydrogens (tertiary/aromatic N) is 1. The van der Waals surface area contributed by atoms with Crippen molar-refractivity contribution in [3.8, 4) is 5.75 Å². The van der Waals surface area contributed by atoms with Crippen LogP contribution in [0.15, 0.2) is 24.3 Å². The van der Waals surface area contributed by atoms with Crippen LogP contribution in [-0.4, -0.2) is 37.8 Å². The molecule has 0 bridgehead atoms. The number of hydrogen-bond acceptors (Lipinski definition) is 3. The topological polar surface area (TPSA) is 21.7 Å². The fraction of sp³-hybridized carbons (Fsp3) is 0.538. The molecule has 1 aliphatic heterocycles. The van der Waals surface area contributed by atoms with Crippen molar-refractivity contribution < 1.29 is 9.47 Å². The Balaban J connectivity index is 1.96. The molecule has 16 heavy (non-hydrogen) atoms. The lowest BCUT2D eigenvalue weighted by atomic mass is 10.1. The van der Waals surface area contributed by atoms with Gasteiger partial charge in [0.2, 0.25) is 0 Å². The van der Waals surface area contributed by atoms with Gasteiger partial charge in [0.1, 0.15) is 5.75 Å². The second kappa shape index (κ2) is 5.32. The van der Waals surface area contributed by atoms with Gasteiger partial charge < -0.3 is 9.47 Å². The van der Waals surface area contributed by atoms with Gasteiger partial charge in [-0.3, -0.25) is 4.90 Å². The molecule has 0 saturated carbocycles. The maximum atomic E-state index is 5.42. The smallest absolute Gasteiger partial charge is 0.118 e. The van der Waals surface area contributed by atoms with Gasteiger partial charge in [-0.2, -0.15) is 0 Å². The van der Waals surface area contributed by atoms with Crippen LogP contribution in [0.2, 0.25) is 0 Å². The molecule has 1 fully saturated rings. The van der Waals surface area contributed by atoms with Gasteiger partial charge >= 0.3 is 0 Å². The molecule has 3 heteroatoms. The Bertz CT molecular complexity index is 323. The van der Waals surface area contributed by atoms with Gasteiger partial charge in [0.05, 0.1) is 20.3 Å². The highest BCUT2D eigenvalue weighted by molar-refractivity contribution is 5.27. The third kappa shape index (κ3) is 2.74. The van der Waals surface area contributed by atoms with Crippen molar-refractivity contribution in [1.82, 2.24) is 4.90 Å². The third-order valence-corrected chi connectivity index (χ3v) is 3.05. The van der Waals surface area contributed by atoms with Gasteiger partial charge in [-0.05, 0) is 24.6 Å². The van der Waals surface area contributed by atoms with Gasteiger partial charge in [0.15, 0.2) is 0 Å². The zero-order chi connectivity index (χ0) is 11.4. The van der Waals surface area contributed by atoms with Crippen LogP contribution in [0, 0.1) is 0 Å². The van der Waals surface area contributed by atoms with Crippen molar-refractivity contribution in [2.75, 3.05) is 26.9 Å². The predicted molar refractivity (Wildman–Crippen MR) is 63.7 cm³/mol. The molecule has 1 aliphatic rings. The van der Waals surface area contributed by atoms with Crippen molar-refractivity contribution in [1.29, 1.82) is 0 Å². The summed E-state index contributed by atoms with van der Waals surface area (Å²) in [5.74, 6) is 0.916. The van der Waals surface area contributed by atoms with Crippen molar-refractivity contribution >= 4 is 0 Å². The fourth-order valence-corrected chi connectivity index (χ4v) is 1.96. The number of methoxy groups -OCH3 is 1. The largest absolute Gasteiger partial charge is 0.497 e. The van der Waals surface area contributed by atoms with E-state index in [9.17, 15) is 0 Å². The molecule has 1 atom stereocenters. The molecule has 0 radical (unpaired) electrons. The summed E-state index contributed by atoms with van der Waals surface area (Å²) in [7, 11) is 1.69. The number of ether oxygens (including phenoxy) is 2. The Labute approximate surface area is 97.0 Å². The van der Waals surface area contributed by atoms with Crippen LogP contribution in [0.4, 0.5) is 0 Å². The molecule has 0 aliphatic carbocycles. The van der Waals surface area contributed by atoms with Crippen LogP contribution >= 0.6 is 0 Å². The molecular weight excluding hydrogens is 202 g/mol. The number of benzene rings is 1. The Kier molecular flexibility index (Phi) is 3.80. The minimum atomic E-state index is 0.510. The summed E-state index contributed by atoms with van der Waals surface area (Å²) >= 11 is 0. The highest BCUT2D eigenvalue weighted by Crippen LogP contribution is 2.15. The Morgan fingerprint density at radius 2 is 2.12 bits per heavy atom. The molecule has 0 spiro atoms. The first-order chi connectivity index (χ1) is 7.79. The summed E-state index contributed by atoms with van der Waals surface area (Å²) in [5, 5.41) is 0. The lowest BCUT2D eigenvalue weighted by molar-refractivity contribution is -0.00437. The van der Waals surface area contributed by atoms with E-state index >= 15 is 0 Å². The third-order valence-electron chi connectivity index (χ3n) is 3.05. The molecule has 0 aromatic heterocycles. The summed E-state index contributed by atoms with van der Waals surface area (Å²) in [6.45, 7) is 5.92. The van der Waals surface area contributed by atoms with Crippen LogP contribution in [-0.2, 0) is 11.3 Å². The molecule has 1 saturated heterocycles. The molecule has 0 amide bonds. The van der Waals surface area contributed by atoms with E-state index in [0.29, 0.717) is 6.04 Å². The molecular formula is C13H19NO2. The van der Waals surface area contributed by atoms with E-state index in [1.807, 2.05) is 12.1 Å². The van der Waals surface area contributed by atoms with E-state index in [-0.39, 0.29) is 0 Å². The minimum absolute atomic E-state index is 0.510. The summed E-state index contributed by atoms with van der Waals surface area (Å²) in [6.07, 6.45) is 0. The first kappa shape index (κ1) is 11.4. The lowest BCUT2D eigenvalue weighted by Gasteiger charge is -2.33. The molecule has 0 unspecified atom stereocenters. The highest BCUT2D eigenvalue weighted by atomic mass is 16.5. The highest BCUT2D eigenvalue weighted by Gasteiger charge is 2.18. The van der Waals surface area contributed by atoms with Gasteiger partial charge in [0, 0.05) is 19.1 Å². The predicted octanol–water partition coefficient (Wildman–Crippen LogP) is 1.92. The molecule has 3 nitrogen and oxygen atoms in total. The van der Waals surface area contributed by atoms with Crippen molar-refractivity contribution in [3.05, 3.63) is 29.8 Å². The maximum Gasteiger partial charge on any atom is 0.118 e. The Morgan fingerprint density at radius 1 is 1.38 bits per heavy atom. The van der Waals surface area contributed by atoms with Crippen LogP contribution in [0.1, 0.15) is 12.5 Å². The van der Waals surface area contributed by atoms with E-state index in [4.69, 9.17) is 9.47 Å². The van der Waals surface area contributed by atoms with E-state index in [2.05, 4.69) is 24.0 Å². The van der Waals surface area contributed by atoms with E-state index in [0.717, 1.165) is 32.1 Å². The number of rotatable bonds is 3. The molecule has 2 rings (SSSR count). The van der Waals surface area contributed by atoms with Crippen molar-refractivity contribution in [2.24, 2.45) is 0 Å². The second-order valence-electron chi connectivity index (χ2n) is 4.24. The number of hydrogen-bond donors (Lipinski definition) is 0. The van der Waals surface area contributed by atoms with E-state index < -0.39 is 0 Å². The van der Waals surface area contributed by atoms with E-state index in [1.165, 1.54) is 5.56 Å². The van der Waals surface area contributed by atoms with Crippen molar-refractivity contribution in [2.45, 2.75) is 19.5 Å². The van der Waals surface area contributed by atoms with Crippen molar-refractivity contribution in [3.63, 3.8) is 0 Å².